The Morgan fingerprint density at radius 3 is 2.71 bits per heavy atom. The Morgan fingerprint density at radius 1 is 0.958 bits per heavy atom. The van der Waals surface area contributed by atoms with Gasteiger partial charge in [0.2, 0.25) is 0 Å². The Hall–Kier alpha value is -2.85. The maximum Gasteiger partial charge on any atom is 0.127 e. The lowest BCUT2D eigenvalue weighted by atomic mass is 10.0. The van der Waals surface area contributed by atoms with E-state index in [1.54, 1.807) is 18.4 Å². The second kappa shape index (κ2) is 4.82. The number of anilines is 1. The lowest BCUT2D eigenvalue weighted by Crippen LogP contribution is -1.92. The summed E-state index contributed by atoms with van der Waals surface area (Å²) in [6, 6.07) is 18.6. The van der Waals surface area contributed by atoms with Gasteiger partial charge in [-0.15, -0.1) is 11.3 Å². The van der Waals surface area contributed by atoms with Gasteiger partial charge in [-0.2, -0.15) is 0 Å². The Morgan fingerprint density at radius 2 is 1.83 bits per heavy atom. The van der Waals surface area contributed by atoms with Crippen LogP contribution in [-0.2, 0) is 0 Å². The van der Waals surface area contributed by atoms with Crippen LogP contribution in [-0.4, -0.2) is 12.1 Å². The Labute approximate surface area is 142 Å². The minimum Gasteiger partial charge on any atom is -0.497 e. The molecule has 24 heavy (non-hydrogen) atoms. The fraction of sp³-hybridized carbons (Fsp3) is 0.0500. The summed E-state index contributed by atoms with van der Waals surface area (Å²) in [5, 5.41) is 5.64. The van der Waals surface area contributed by atoms with Crippen LogP contribution in [0.15, 0.2) is 54.6 Å². The summed E-state index contributed by atoms with van der Waals surface area (Å²) < 4.78 is 6.58. The van der Waals surface area contributed by atoms with Crippen molar-refractivity contribution in [3.63, 3.8) is 0 Å². The summed E-state index contributed by atoms with van der Waals surface area (Å²) in [7, 11) is 1.66. The molecule has 0 saturated carbocycles. The molecule has 2 aromatic heterocycles. The molecule has 0 atom stereocenters. The standard InChI is InChI=1S/C20H14N2OS/c1-23-12-7-9-16-15(10-12)18(21)17-14-8-6-11-4-2-3-5-13(11)19(14)24-20(17)22-16/h2-10H,1H3,(H2,21,22). The van der Waals surface area contributed by atoms with Gasteiger partial charge in [-0.1, -0.05) is 36.4 Å². The number of hydrogen-bond acceptors (Lipinski definition) is 4. The SMILES string of the molecule is COc1ccc2nc3sc4c5ccccc5ccc4c3c(N)c2c1. The van der Waals surface area contributed by atoms with Crippen molar-refractivity contribution in [2.24, 2.45) is 0 Å². The molecule has 4 heteroatoms. The van der Waals surface area contributed by atoms with Crippen molar-refractivity contribution >= 4 is 59.0 Å². The van der Waals surface area contributed by atoms with Crippen molar-refractivity contribution in [1.29, 1.82) is 0 Å². The largest absolute Gasteiger partial charge is 0.497 e. The smallest absolute Gasteiger partial charge is 0.127 e. The third kappa shape index (κ3) is 1.74. The number of thiophene rings is 1. The maximum atomic E-state index is 6.54. The van der Waals surface area contributed by atoms with Crippen LogP contribution in [0.5, 0.6) is 5.75 Å². The van der Waals surface area contributed by atoms with E-state index in [1.807, 2.05) is 18.2 Å². The number of nitrogens with zero attached hydrogens (tertiary/aromatic N) is 1. The van der Waals surface area contributed by atoms with Crippen LogP contribution in [0, 0.1) is 0 Å². The van der Waals surface area contributed by atoms with Gasteiger partial charge in [-0.25, -0.2) is 4.98 Å². The van der Waals surface area contributed by atoms with Crippen LogP contribution in [0.1, 0.15) is 0 Å². The van der Waals surface area contributed by atoms with E-state index in [0.29, 0.717) is 0 Å². The molecule has 2 N–H and O–H groups in total. The van der Waals surface area contributed by atoms with Crippen LogP contribution >= 0.6 is 11.3 Å². The van der Waals surface area contributed by atoms with Gasteiger partial charge in [0.15, 0.2) is 0 Å². The molecule has 0 amide bonds. The molecule has 116 valence electrons. The zero-order valence-corrected chi connectivity index (χ0v) is 13.9. The zero-order valence-electron chi connectivity index (χ0n) is 13.0. The highest BCUT2D eigenvalue weighted by Crippen LogP contribution is 2.42. The van der Waals surface area contributed by atoms with E-state index in [-0.39, 0.29) is 0 Å². The average Bonchev–Trinajstić information content (AvgIpc) is 3.00. The second-order valence-electron chi connectivity index (χ2n) is 5.85. The van der Waals surface area contributed by atoms with Crippen molar-refractivity contribution in [2.75, 3.05) is 12.8 Å². The Bertz CT molecular complexity index is 1260. The highest BCUT2D eigenvalue weighted by molar-refractivity contribution is 7.26. The molecular formula is C20H14N2OS. The lowest BCUT2D eigenvalue weighted by Gasteiger charge is -2.06. The summed E-state index contributed by atoms with van der Waals surface area (Å²) in [5.74, 6) is 0.792. The van der Waals surface area contributed by atoms with Gasteiger partial charge >= 0.3 is 0 Å². The van der Waals surface area contributed by atoms with E-state index in [1.165, 1.54) is 20.9 Å². The van der Waals surface area contributed by atoms with E-state index in [2.05, 4.69) is 36.4 Å². The van der Waals surface area contributed by atoms with Crippen LogP contribution in [0.4, 0.5) is 5.69 Å². The highest BCUT2D eigenvalue weighted by atomic mass is 32.1. The van der Waals surface area contributed by atoms with E-state index < -0.39 is 0 Å². The number of benzene rings is 3. The van der Waals surface area contributed by atoms with Crippen molar-refractivity contribution < 1.29 is 4.74 Å². The number of nitrogens with two attached hydrogens (primary N) is 1. The fourth-order valence-electron chi connectivity index (χ4n) is 3.35. The first kappa shape index (κ1) is 13.6. The van der Waals surface area contributed by atoms with Crippen molar-refractivity contribution in [1.82, 2.24) is 4.98 Å². The monoisotopic (exact) mass is 330 g/mol. The molecule has 0 saturated heterocycles. The zero-order chi connectivity index (χ0) is 16.3. The molecule has 0 unspecified atom stereocenters. The van der Waals surface area contributed by atoms with Crippen LogP contribution in [0.3, 0.4) is 0 Å². The molecule has 0 spiro atoms. The topological polar surface area (TPSA) is 48.1 Å². The summed E-state index contributed by atoms with van der Waals surface area (Å²) >= 11 is 1.71. The minimum atomic E-state index is 0.774. The molecule has 0 aliphatic heterocycles. The van der Waals surface area contributed by atoms with E-state index in [9.17, 15) is 0 Å². The first-order chi connectivity index (χ1) is 11.8. The van der Waals surface area contributed by atoms with Crippen LogP contribution in [0.2, 0.25) is 0 Å². The van der Waals surface area contributed by atoms with Gasteiger partial charge in [0.1, 0.15) is 10.6 Å². The van der Waals surface area contributed by atoms with Gasteiger partial charge in [-0.3, -0.25) is 0 Å². The van der Waals surface area contributed by atoms with Crippen LogP contribution < -0.4 is 10.5 Å². The summed E-state index contributed by atoms with van der Waals surface area (Å²) in [4.78, 5) is 5.82. The first-order valence-corrected chi connectivity index (χ1v) is 8.55. The number of fused-ring (bicyclic) bond motifs is 6. The van der Waals surface area contributed by atoms with E-state index in [0.717, 1.165) is 32.6 Å². The highest BCUT2D eigenvalue weighted by Gasteiger charge is 2.15. The molecular weight excluding hydrogens is 316 g/mol. The summed E-state index contributed by atoms with van der Waals surface area (Å²) in [5.41, 5.74) is 8.22. The minimum absolute atomic E-state index is 0.774. The van der Waals surface area contributed by atoms with E-state index in [4.69, 9.17) is 15.5 Å². The number of aromatic nitrogens is 1. The molecule has 5 rings (SSSR count). The first-order valence-electron chi connectivity index (χ1n) is 7.73. The average molecular weight is 330 g/mol. The molecule has 2 heterocycles. The van der Waals surface area contributed by atoms with Crippen LogP contribution in [0.25, 0.3) is 42.0 Å². The third-order valence-corrected chi connectivity index (χ3v) is 5.68. The fourth-order valence-corrected chi connectivity index (χ4v) is 4.59. The van der Waals surface area contributed by atoms with Gasteiger partial charge in [-0.05, 0) is 29.0 Å². The summed E-state index contributed by atoms with van der Waals surface area (Å²) in [6.07, 6.45) is 0. The molecule has 0 aliphatic carbocycles. The number of ether oxygens (including phenoxy) is 1. The van der Waals surface area contributed by atoms with Crippen molar-refractivity contribution in [2.45, 2.75) is 0 Å². The van der Waals surface area contributed by atoms with Gasteiger partial charge in [0, 0.05) is 20.9 Å². The number of hydrogen-bond donors (Lipinski definition) is 1. The summed E-state index contributed by atoms with van der Waals surface area (Å²) in [6.45, 7) is 0. The molecule has 0 radical (unpaired) electrons. The molecule has 0 fully saturated rings. The lowest BCUT2D eigenvalue weighted by molar-refractivity contribution is 0.415. The predicted octanol–water partition coefficient (Wildman–Crippen LogP) is 5.35. The molecule has 3 aromatic carbocycles. The second-order valence-corrected chi connectivity index (χ2v) is 6.85. The number of nitrogen functional groups attached to an aromatic ring is 1. The number of rotatable bonds is 1. The van der Waals surface area contributed by atoms with Crippen molar-refractivity contribution in [3.05, 3.63) is 54.6 Å². The third-order valence-electron chi connectivity index (χ3n) is 4.55. The molecule has 5 aromatic rings. The molecule has 0 aliphatic rings. The number of pyridine rings is 1. The van der Waals surface area contributed by atoms with E-state index >= 15 is 0 Å². The number of methoxy groups -OCH3 is 1. The Kier molecular flexibility index (Phi) is 2.73. The van der Waals surface area contributed by atoms with Gasteiger partial charge in [0.05, 0.1) is 18.3 Å². The molecule has 0 bridgehead atoms. The quantitative estimate of drug-likeness (QED) is 0.451. The maximum absolute atomic E-state index is 6.54. The predicted molar refractivity (Wildman–Crippen MR) is 103 cm³/mol. The van der Waals surface area contributed by atoms with Gasteiger partial charge < -0.3 is 10.5 Å². The molecule has 3 nitrogen and oxygen atoms in total. The van der Waals surface area contributed by atoms with Crippen molar-refractivity contribution in [3.8, 4) is 5.75 Å². The normalized spacial score (nSPS) is 11.7. The Balaban J connectivity index is 2.00. The van der Waals surface area contributed by atoms with Gasteiger partial charge in [0.25, 0.3) is 0 Å².